The van der Waals surface area contributed by atoms with Gasteiger partial charge in [0.15, 0.2) is 0 Å². The first-order valence-electron chi connectivity index (χ1n) is 6.76. The number of thiocarbonyl (C=S) groups is 1. The smallest absolute Gasteiger partial charge is 0.266 e. The number of carbonyl (C=O) groups excluding carboxylic acids is 1. The van der Waals surface area contributed by atoms with Crippen LogP contribution in [0.5, 0.6) is 0 Å². The van der Waals surface area contributed by atoms with Crippen molar-refractivity contribution in [1.82, 2.24) is 4.90 Å². The van der Waals surface area contributed by atoms with Crippen LogP contribution in [0.3, 0.4) is 0 Å². The predicted molar refractivity (Wildman–Crippen MR) is 85.3 cm³/mol. The number of hydrogen-bond donors (Lipinski definition) is 0. The Hall–Kier alpha value is -1.24. The van der Waals surface area contributed by atoms with Gasteiger partial charge >= 0.3 is 0 Å². The molecule has 3 rings (SSSR count). The topological polar surface area (TPSA) is 29.5 Å². The fourth-order valence-electron chi connectivity index (χ4n) is 2.38. The summed E-state index contributed by atoms with van der Waals surface area (Å²) in [6.07, 6.45) is 3.58. The summed E-state index contributed by atoms with van der Waals surface area (Å²) in [4.78, 5) is 14.4. The van der Waals surface area contributed by atoms with E-state index in [2.05, 4.69) is 0 Å². The number of rotatable bonds is 3. The molecular weight excluding hydrogens is 309 g/mol. The normalized spacial score (nSPS) is 24.3. The van der Waals surface area contributed by atoms with Crippen LogP contribution in [0, 0.1) is 5.82 Å². The van der Waals surface area contributed by atoms with Gasteiger partial charge in [-0.25, -0.2) is 4.39 Å². The Morgan fingerprint density at radius 1 is 1.48 bits per heavy atom. The Balaban J connectivity index is 1.78. The predicted octanol–water partition coefficient (Wildman–Crippen LogP) is 3.21. The third kappa shape index (κ3) is 3.17. The minimum absolute atomic E-state index is 0.0558. The minimum Gasteiger partial charge on any atom is -0.376 e. The molecule has 3 nitrogen and oxygen atoms in total. The second kappa shape index (κ2) is 6.25. The second-order valence-corrected chi connectivity index (χ2v) is 6.62. The zero-order valence-electron chi connectivity index (χ0n) is 11.3. The molecule has 0 bridgehead atoms. The van der Waals surface area contributed by atoms with E-state index in [1.807, 2.05) is 0 Å². The lowest BCUT2D eigenvalue weighted by molar-refractivity contribution is -0.123. The van der Waals surface area contributed by atoms with Crippen LogP contribution in [0.1, 0.15) is 18.4 Å². The highest BCUT2D eigenvalue weighted by Gasteiger charge is 2.34. The largest absolute Gasteiger partial charge is 0.376 e. The van der Waals surface area contributed by atoms with Crippen molar-refractivity contribution in [3.8, 4) is 0 Å². The van der Waals surface area contributed by atoms with E-state index in [9.17, 15) is 9.18 Å². The highest BCUT2D eigenvalue weighted by Crippen LogP contribution is 2.33. The van der Waals surface area contributed by atoms with E-state index >= 15 is 0 Å². The molecule has 0 aromatic heterocycles. The van der Waals surface area contributed by atoms with Crippen LogP contribution in [-0.2, 0) is 9.53 Å². The summed E-state index contributed by atoms with van der Waals surface area (Å²) in [7, 11) is 0. The monoisotopic (exact) mass is 323 g/mol. The third-order valence-electron chi connectivity index (χ3n) is 3.48. The second-order valence-electron chi connectivity index (χ2n) is 4.95. The van der Waals surface area contributed by atoms with E-state index in [4.69, 9.17) is 17.0 Å². The Bertz CT molecular complexity index is 611. The van der Waals surface area contributed by atoms with Gasteiger partial charge in [0.25, 0.3) is 5.91 Å². The van der Waals surface area contributed by atoms with Crippen molar-refractivity contribution < 1.29 is 13.9 Å². The Morgan fingerprint density at radius 2 is 2.29 bits per heavy atom. The molecule has 0 aliphatic carbocycles. The van der Waals surface area contributed by atoms with E-state index < -0.39 is 0 Å². The van der Waals surface area contributed by atoms with Gasteiger partial charge in [-0.1, -0.05) is 42.2 Å². The van der Waals surface area contributed by atoms with Gasteiger partial charge in [-0.2, -0.15) is 0 Å². The van der Waals surface area contributed by atoms with E-state index in [1.54, 1.807) is 29.2 Å². The van der Waals surface area contributed by atoms with Crippen LogP contribution in [0.4, 0.5) is 4.39 Å². The molecule has 0 unspecified atom stereocenters. The van der Waals surface area contributed by atoms with Gasteiger partial charge in [0.05, 0.1) is 17.6 Å². The summed E-state index contributed by atoms with van der Waals surface area (Å²) in [5, 5.41) is 0. The molecule has 0 spiro atoms. The highest BCUT2D eigenvalue weighted by atomic mass is 32.2. The Kier molecular flexibility index (Phi) is 4.37. The molecule has 2 fully saturated rings. The van der Waals surface area contributed by atoms with Crippen LogP contribution in [-0.4, -0.2) is 34.4 Å². The summed E-state index contributed by atoms with van der Waals surface area (Å²) < 4.78 is 19.7. The van der Waals surface area contributed by atoms with Gasteiger partial charge in [0.2, 0.25) is 0 Å². The maximum Gasteiger partial charge on any atom is 0.266 e. The van der Waals surface area contributed by atoms with E-state index in [0.29, 0.717) is 21.3 Å². The van der Waals surface area contributed by atoms with Gasteiger partial charge in [-0.15, -0.1) is 0 Å². The van der Waals surface area contributed by atoms with Gasteiger partial charge in [0.1, 0.15) is 10.1 Å². The maximum atomic E-state index is 13.7. The number of hydrogen-bond acceptors (Lipinski definition) is 4. The average molecular weight is 323 g/mol. The molecular formula is C15H14FNO2S2. The van der Waals surface area contributed by atoms with Gasteiger partial charge < -0.3 is 4.74 Å². The first kappa shape index (κ1) is 14.7. The number of thioether (sulfide) groups is 1. The van der Waals surface area contributed by atoms with Crippen LogP contribution in [0.25, 0.3) is 6.08 Å². The average Bonchev–Trinajstić information content (AvgIpc) is 3.06. The Labute approximate surface area is 132 Å². The van der Waals surface area contributed by atoms with Crippen molar-refractivity contribution in [2.75, 3.05) is 13.2 Å². The molecule has 2 aliphatic rings. The van der Waals surface area contributed by atoms with Crippen LogP contribution in [0.15, 0.2) is 29.2 Å². The summed E-state index contributed by atoms with van der Waals surface area (Å²) in [6.45, 7) is 1.23. The molecule has 0 N–H and O–H groups in total. The van der Waals surface area contributed by atoms with Crippen LogP contribution < -0.4 is 0 Å². The van der Waals surface area contributed by atoms with Gasteiger partial charge in [0, 0.05) is 12.2 Å². The number of nitrogens with zero attached hydrogens (tertiary/aromatic N) is 1. The van der Waals surface area contributed by atoms with Crippen molar-refractivity contribution >= 4 is 40.3 Å². The summed E-state index contributed by atoms with van der Waals surface area (Å²) >= 11 is 6.47. The molecule has 2 aliphatic heterocycles. The van der Waals surface area contributed by atoms with Crippen molar-refractivity contribution in [3.05, 3.63) is 40.6 Å². The summed E-state index contributed by atoms with van der Waals surface area (Å²) in [5.74, 6) is -0.509. The molecule has 0 saturated carbocycles. The molecule has 2 saturated heterocycles. The fourth-order valence-corrected chi connectivity index (χ4v) is 3.65. The van der Waals surface area contributed by atoms with Crippen molar-refractivity contribution in [1.29, 1.82) is 0 Å². The third-order valence-corrected chi connectivity index (χ3v) is 4.85. The van der Waals surface area contributed by atoms with Crippen LogP contribution >= 0.6 is 24.0 Å². The summed E-state index contributed by atoms with van der Waals surface area (Å²) in [6, 6.07) is 6.37. The van der Waals surface area contributed by atoms with Gasteiger partial charge in [-0.05, 0) is 25.0 Å². The maximum absolute atomic E-state index is 13.7. The summed E-state index contributed by atoms with van der Waals surface area (Å²) in [5.41, 5.74) is 0.398. The molecule has 110 valence electrons. The quantitative estimate of drug-likeness (QED) is 0.631. The molecule has 1 aromatic rings. The molecule has 0 radical (unpaired) electrons. The highest BCUT2D eigenvalue weighted by molar-refractivity contribution is 8.26. The van der Waals surface area contributed by atoms with Crippen LogP contribution in [0.2, 0.25) is 0 Å². The number of halogens is 1. The molecule has 21 heavy (non-hydrogen) atoms. The first-order chi connectivity index (χ1) is 10.1. The lowest BCUT2D eigenvalue weighted by Gasteiger charge is -2.18. The van der Waals surface area contributed by atoms with Gasteiger partial charge in [-0.3, -0.25) is 9.69 Å². The molecule has 1 aromatic carbocycles. The lowest BCUT2D eigenvalue weighted by atomic mass is 10.2. The lowest BCUT2D eigenvalue weighted by Crippen LogP contribution is -2.35. The van der Waals surface area contributed by atoms with E-state index in [1.165, 1.54) is 17.8 Å². The minimum atomic E-state index is -0.345. The standard InChI is InChI=1S/C15H14FNO2S2/c16-12-6-2-1-4-10(12)8-13-14(18)17(15(20)21-13)9-11-5-3-7-19-11/h1-2,4,6,8,11H,3,5,7,9H2/b13-8+/t11-/m0/s1. The van der Waals surface area contributed by atoms with Crippen molar-refractivity contribution in [2.24, 2.45) is 0 Å². The molecule has 1 atom stereocenters. The SMILES string of the molecule is O=C1/C(=C\c2ccccc2F)SC(=S)N1C[C@@H]1CCCO1. The molecule has 2 heterocycles. The zero-order chi connectivity index (χ0) is 14.8. The van der Waals surface area contributed by atoms with Crippen molar-refractivity contribution in [3.63, 3.8) is 0 Å². The zero-order valence-corrected chi connectivity index (χ0v) is 12.9. The first-order valence-corrected chi connectivity index (χ1v) is 7.99. The van der Waals surface area contributed by atoms with E-state index in [0.717, 1.165) is 19.4 Å². The number of amides is 1. The molecule has 6 heteroatoms. The fraction of sp³-hybridized carbons (Fsp3) is 0.333. The number of ether oxygens (including phenoxy) is 1. The molecule has 1 amide bonds. The number of benzene rings is 1. The Morgan fingerprint density at radius 3 is 3.00 bits per heavy atom. The van der Waals surface area contributed by atoms with E-state index in [-0.39, 0.29) is 17.8 Å². The number of carbonyl (C=O) groups is 1. The van der Waals surface area contributed by atoms with Crippen molar-refractivity contribution in [2.45, 2.75) is 18.9 Å².